The van der Waals surface area contributed by atoms with E-state index in [-0.39, 0.29) is 17.3 Å². The molecule has 0 saturated carbocycles. The van der Waals surface area contributed by atoms with Crippen LogP contribution >= 0.6 is 11.3 Å². The molecule has 0 unspecified atom stereocenters. The fourth-order valence-corrected chi connectivity index (χ4v) is 2.84. The highest BCUT2D eigenvalue weighted by Crippen LogP contribution is 2.29. The van der Waals surface area contributed by atoms with Gasteiger partial charge >= 0.3 is 0 Å². The zero-order chi connectivity index (χ0) is 13.1. The van der Waals surface area contributed by atoms with Crippen LogP contribution in [0.15, 0.2) is 6.07 Å². The molecule has 0 saturated heterocycles. The minimum absolute atomic E-state index is 0.0801. The van der Waals surface area contributed by atoms with Gasteiger partial charge in [0.1, 0.15) is 0 Å². The number of hydrogen-bond acceptors (Lipinski definition) is 6. The van der Waals surface area contributed by atoms with Crippen LogP contribution in [0.3, 0.4) is 0 Å². The maximum Gasteiger partial charge on any atom is 0.171 e. The van der Waals surface area contributed by atoms with Crippen LogP contribution in [-0.2, 0) is 9.84 Å². The van der Waals surface area contributed by atoms with Crippen molar-refractivity contribution in [3.8, 4) is 0 Å². The molecule has 1 heterocycles. The van der Waals surface area contributed by atoms with Crippen molar-refractivity contribution in [3.63, 3.8) is 0 Å². The van der Waals surface area contributed by atoms with Gasteiger partial charge < -0.3 is 11.1 Å². The summed E-state index contributed by atoms with van der Waals surface area (Å²) in [7, 11) is -2.97. The second kappa shape index (κ2) is 5.50. The van der Waals surface area contributed by atoms with Crippen LogP contribution in [0.25, 0.3) is 0 Å². The van der Waals surface area contributed by atoms with Crippen LogP contribution in [0.2, 0.25) is 0 Å². The molecule has 0 amide bonds. The zero-order valence-corrected chi connectivity index (χ0v) is 11.5. The summed E-state index contributed by atoms with van der Waals surface area (Å²) >= 11 is 1.25. The van der Waals surface area contributed by atoms with Crippen LogP contribution < -0.4 is 11.1 Å². The van der Waals surface area contributed by atoms with Gasteiger partial charge in [-0.1, -0.05) is 6.92 Å². The fourth-order valence-electron chi connectivity index (χ4n) is 1.24. The smallest absolute Gasteiger partial charge is 0.171 e. The fraction of sp³-hybridized carbons (Fsp3) is 0.500. The van der Waals surface area contributed by atoms with Gasteiger partial charge in [-0.2, -0.15) is 0 Å². The van der Waals surface area contributed by atoms with Crippen LogP contribution in [0.4, 0.5) is 10.7 Å². The van der Waals surface area contributed by atoms with Crippen molar-refractivity contribution in [1.29, 1.82) is 0 Å². The van der Waals surface area contributed by atoms with Crippen molar-refractivity contribution >= 4 is 37.6 Å². The first kappa shape index (κ1) is 14.0. The summed E-state index contributed by atoms with van der Waals surface area (Å²) in [6, 6.07) is 1.65. The third-order valence-corrected chi connectivity index (χ3v) is 5.15. The molecule has 3 N–H and O–H groups in total. The summed E-state index contributed by atoms with van der Waals surface area (Å²) in [5, 5.41) is 3.68. The second-order valence-electron chi connectivity index (χ2n) is 3.61. The Morgan fingerprint density at radius 3 is 2.65 bits per heavy atom. The highest BCUT2D eigenvalue weighted by atomic mass is 32.2. The number of nitrogen functional groups attached to an aromatic ring is 1. The minimum atomic E-state index is -2.97. The average Bonchev–Trinajstić information content (AvgIpc) is 2.59. The van der Waals surface area contributed by atoms with Gasteiger partial charge in [0.2, 0.25) is 0 Å². The Bertz CT molecular complexity index is 506. The van der Waals surface area contributed by atoms with Crippen molar-refractivity contribution in [1.82, 2.24) is 0 Å². The lowest BCUT2D eigenvalue weighted by atomic mass is 10.3. The average molecular weight is 276 g/mol. The normalized spacial score (nSPS) is 11.4. The van der Waals surface area contributed by atoms with Gasteiger partial charge in [-0.25, -0.2) is 8.42 Å². The van der Waals surface area contributed by atoms with E-state index in [1.807, 2.05) is 0 Å². The number of nitrogens with two attached hydrogens (primary N) is 1. The quantitative estimate of drug-likeness (QED) is 0.766. The molecular weight excluding hydrogens is 260 g/mol. The molecule has 1 aromatic heterocycles. The van der Waals surface area contributed by atoms with E-state index < -0.39 is 9.84 Å². The number of carbonyl (C=O) groups is 1. The van der Waals surface area contributed by atoms with E-state index >= 15 is 0 Å². The van der Waals surface area contributed by atoms with Crippen LogP contribution in [0.1, 0.15) is 23.5 Å². The molecular formula is C10H16N2O3S2. The number of nitrogens with one attached hydrogen (secondary N) is 1. The molecule has 17 heavy (non-hydrogen) atoms. The third kappa shape index (κ3) is 4.01. The molecule has 0 fully saturated rings. The number of ketones is 1. The number of hydrogen-bond donors (Lipinski definition) is 2. The molecule has 0 radical (unpaired) electrons. The van der Waals surface area contributed by atoms with Crippen molar-refractivity contribution < 1.29 is 13.2 Å². The standard InChI is InChI=1S/C10H16N2O3S2/c1-3-17(14,15)5-4-12-9-6-8(11)10(16-9)7(2)13/h6,12H,3-5,11H2,1-2H3. The zero-order valence-electron chi connectivity index (χ0n) is 9.82. The largest absolute Gasteiger partial charge is 0.397 e. The van der Waals surface area contributed by atoms with Crippen molar-refractivity contribution in [2.75, 3.05) is 29.1 Å². The van der Waals surface area contributed by atoms with Gasteiger partial charge in [-0.3, -0.25) is 4.79 Å². The monoisotopic (exact) mass is 276 g/mol. The Balaban J connectivity index is 2.59. The molecule has 1 rings (SSSR count). The lowest BCUT2D eigenvalue weighted by Gasteiger charge is -2.02. The minimum Gasteiger partial charge on any atom is -0.397 e. The number of rotatable bonds is 6. The molecule has 0 bridgehead atoms. The lowest BCUT2D eigenvalue weighted by Crippen LogP contribution is -2.16. The summed E-state index contributed by atoms with van der Waals surface area (Å²) in [4.78, 5) is 11.7. The van der Waals surface area contributed by atoms with E-state index in [2.05, 4.69) is 5.32 Å². The summed E-state index contributed by atoms with van der Waals surface area (Å²) in [6.45, 7) is 3.40. The van der Waals surface area contributed by atoms with E-state index in [0.29, 0.717) is 17.1 Å². The van der Waals surface area contributed by atoms with E-state index in [1.54, 1.807) is 13.0 Å². The Kier molecular flexibility index (Phi) is 4.53. The molecule has 0 aliphatic heterocycles. The van der Waals surface area contributed by atoms with Crippen molar-refractivity contribution in [2.24, 2.45) is 0 Å². The Morgan fingerprint density at radius 2 is 2.18 bits per heavy atom. The Labute approximate surface area is 105 Å². The number of anilines is 2. The molecule has 0 aliphatic carbocycles. The van der Waals surface area contributed by atoms with Crippen LogP contribution in [-0.4, -0.2) is 32.3 Å². The van der Waals surface area contributed by atoms with Crippen molar-refractivity contribution in [3.05, 3.63) is 10.9 Å². The molecule has 0 atom stereocenters. The molecule has 0 aromatic carbocycles. The third-order valence-electron chi connectivity index (χ3n) is 2.23. The number of thiophene rings is 1. The summed E-state index contributed by atoms with van der Waals surface area (Å²) < 4.78 is 22.5. The van der Waals surface area contributed by atoms with E-state index in [1.165, 1.54) is 18.3 Å². The molecule has 1 aromatic rings. The van der Waals surface area contributed by atoms with Gasteiger partial charge in [0.25, 0.3) is 0 Å². The number of carbonyl (C=O) groups excluding carboxylic acids is 1. The van der Waals surface area contributed by atoms with E-state index in [9.17, 15) is 13.2 Å². The van der Waals surface area contributed by atoms with Crippen LogP contribution in [0.5, 0.6) is 0 Å². The SMILES string of the molecule is CCS(=O)(=O)CCNc1cc(N)c(C(C)=O)s1. The first-order chi connectivity index (χ1) is 7.85. The number of sulfone groups is 1. The molecule has 7 heteroatoms. The lowest BCUT2D eigenvalue weighted by molar-refractivity contribution is 0.102. The summed E-state index contributed by atoms with van der Waals surface area (Å²) in [6.07, 6.45) is 0. The molecule has 0 aliphatic rings. The van der Waals surface area contributed by atoms with E-state index in [0.717, 1.165) is 5.00 Å². The highest BCUT2D eigenvalue weighted by Gasteiger charge is 2.11. The predicted molar refractivity (Wildman–Crippen MR) is 71.6 cm³/mol. The first-order valence-electron chi connectivity index (χ1n) is 5.20. The second-order valence-corrected chi connectivity index (χ2v) is 7.14. The van der Waals surface area contributed by atoms with Gasteiger partial charge in [-0.15, -0.1) is 11.3 Å². The maximum absolute atomic E-state index is 11.3. The predicted octanol–water partition coefficient (Wildman–Crippen LogP) is 1.38. The van der Waals surface area contributed by atoms with Gasteiger partial charge in [-0.05, 0) is 6.07 Å². The molecule has 96 valence electrons. The van der Waals surface area contributed by atoms with Gasteiger partial charge in [0.05, 0.1) is 21.3 Å². The summed E-state index contributed by atoms with van der Waals surface area (Å²) in [5.74, 6) is 0.137. The van der Waals surface area contributed by atoms with Crippen molar-refractivity contribution in [2.45, 2.75) is 13.8 Å². The maximum atomic E-state index is 11.3. The number of Topliss-reactive ketones (excluding diaryl/α,β-unsaturated/α-hetero) is 1. The Morgan fingerprint density at radius 1 is 1.53 bits per heavy atom. The van der Waals surface area contributed by atoms with Gasteiger partial charge in [0.15, 0.2) is 15.6 Å². The first-order valence-corrected chi connectivity index (χ1v) is 7.84. The summed E-state index contributed by atoms with van der Waals surface area (Å²) in [5.41, 5.74) is 6.09. The highest BCUT2D eigenvalue weighted by molar-refractivity contribution is 7.91. The Hall–Kier alpha value is -1.08. The topological polar surface area (TPSA) is 89.3 Å². The van der Waals surface area contributed by atoms with E-state index in [4.69, 9.17) is 5.73 Å². The molecule has 0 spiro atoms. The molecule has 5 nitrogen and oxygen atoms in total. The van der Waals surface area contributed by atoms with Crippen LogP contribution in [0, 0.1) is 0 Å². The van der Waals surface area contributed by atoms with Gasteiger partial charge in [0, 0.05) is 19.2 Å².